The molecular formula is C20H11F6N5O2. The molecule has 170 valence electrons. The average molecular weight is 467 g/mol. The van der Waals surface area contributed by atoms with Crippen LogP contribution >= 0.6 is 0 Å². The fraction of sp³-hybridized carbons (Fsp3) is 0.100. The number of imidazole rings is 1. The standard InChI is InChI=1S/C20H11F6N5O2/c21-19(22,23)14-8-10(4-6-27-14)30-18(33)31-9-29-15(16(31)20(24,25)26)12-2-1-3-13-11(12)5-7-28-17(13)32/h1-9H,(H,28,32)(H,27,30,33). The Morgan fingerprint density at radius 3 is 2.42 bits per heavy atom. The van der Waals surface area contributed by atoms with Crippen molar-refractivity contribution in [3.63, 3.8) is 0 Å². The van der Waals surface area contributed by atoms with Gasteiger partial charge in [-0.1, -0.05) is 12.1 Å². The number of alkyl halides is 6. The number of fused-ring (bicyclic) bond motifs is 1. The van der Waals surface area contributed by atoms with Crippen LogP contribution in [0.3, 0.4) is 0 Å². The van der Waals surface area contributed by atoms with Crippen molar-refractivity contribution in [2.75, 3.05) is 5.32 Å². The number of aromatic nitrogens is 4. The largest absolute Gasteiger partial charge is 0.434 e. The van der Waals surface area contributed by atoms with E-state index in [1.165, 1.54) is 30.5 Å². The highest BCUT2D eigenvalue weighted by molar-refractivity contribution is 5.97. The highest BCUT2D eigenvalue weighted by Crippen LogP contribution is 2.38. The number of aromatic amines is 1. The van der Waals surface area contributed by atoms with Gasteiger partial charge in [0, 0.05) is 29.0 Å². The molecule has 0 bridgehead atoms. The summed E-state index contributed by atoms with van der Waals surface area (Å²) in [6.45, 7) is 0. The minimum atomic E-state index is -5.07. The quantitative estimate of drug-likeness (QED) is 0.410. The van der Waals surface area contributed by atoms with E-state index in [4.69, 9.17) is 0 Å². The first kappa shape index (κ1) is 22.0. The second-order valence-electron chi connectivity index (χ2n) is 6.74. The third-order valence-corrected chi connectivity index (χ3v) is 4.63. The Hall–Kier alpha value is -4.16. The Balaban J connectivity index is 1.81. The van der Waals surface area contributed by atoms with Gasteiger partial charge >= 0.3 is 18.4 Å². The maximum Gasteiger partial charge on any atom is 0.434 e. The average Bonchev–Trinajstić information content (AvgIpc) is 3.19. The molecule has 7 nitrogen and oxygen atoms in total. The number of nitrogens with one attached hydrogen (secondary N) is 2. The highest BCUT2D eigenvalue weighted by Gasteiger charge is 2.40. The summed E-state index contributed by atoms with van der Waals surface area (Å²) >= 11 is 0. The number of anilines is 1. The molecule has 33 heavy (non-hydrogen) atoms. The predicted molar refractivity (Wildman–Crippen MR) is 104 cm³/mol. The van der Waals surface area contributed by atoms with Gasteiger partial charge in [-0.15, -0.1) is 0 Å². The maximum atomic E-state index is 14.0. The summed E-state index contributed by atoms with van der Waals surface area (Å²) in [7, 11) is 0. The topological polar surface area (TPSA) is 92.7 Å². The smallest absolute Gasteiger partial charge is 0.329 e. The molecule has 0 saturated carbocycles. The van der Waals surface area contributed by atoms with E-state index in [9.17, 15) is 35.9 Å². The Morgan fingerprint density at radius 1 is 0.970 bits per heavy atom. The van der Waals surface area contributed by atoms with E-state index in [1.54, 1.807) is 0 Å². The number of pyridine rings is 2. The summed E-state index contributed by atoms with van der Waals surface area (Å²) in [5.74, 6) is 0. The van der Waals surface area contributed by atoms with Crippen LogP contribution in [0.5, 0.6) is 0 Å². The minimum absolute atomic E-state index is 0.0549. The van der Waals surface area contributed by atoms with Crippen molar-refractivity contribution in [2.45, 2.75) is 12.4 Å². The zero-order chi connectivity index (χ0) is 24.0. The van der Waals surface area contributed by atoms with Crippen LogP contribution in [0.25, 0.3) is 22.0 Å². The van der Waals surface area contributed by atoms with Crippen LogP contribution in [-0.4, -0.2) is 25.6 Å². The molecule has 4 aromatic rings. The van der Waals surface area contributed by atoms with Crippen LogP contribution in [0.4, 0.5) is 36.8 Å². The molecule has 0 aliphatic rings. The normalized spacial score (nSPS) is 12.2. The highest BCUT2D eigenvalue weighted by atomic mass is 19.4. The lowest BCUT2D eigenvalue weighted by molar-refractivity contribution is -0.142. The van der Waals surface area contributed by atoms with Crippen molar-refractivity contribution in [1.29, 1.82) is 0 Å². The first-order valence-corrected chi connectivity index (χ1v) is 9.07. The zero-order valence-corrected chi connectivity index (χ0v) is 16.1. The summed E-state index contributed by atoms with van der Waals surface area (Å²) in [4.78, 5) is 33.8. The first-order valence-electron chi connectivity index (χ1n) is 9.07. The van der Waals surface area contributed by atoms with Gasteiger partial charge in [-0.2, -0.15) is 26.3 Å². The van der Waals surface area contributed by atoms with Crippen molar-refractivity contribution in [3.8, 4) is 11.3 Å². The number of amides is 1. The molecule has 0 spiro atoms. The molecule has 0 saturated heterocycles. The lowest BCUT2D eigenvalue weighted by atomic mass is 10.0. The van der Waals surface area contributed by atoms with Crippen molar-refractivity contribution in [1.82, 2.24) is 19.5 Å². The monoisotopic (exact) mass is 467 g/mol. The summed E-state index contributed by atoms with van der Waals surface area (Å²) in [5.41, 5.74) is -4.41. The number of hydrogen-bond acceptors (Lipinski definition) is 4. The lowest BCUT2D eigenvalue weighted by Crippen LogP contribution is -2.25. The van der Waals surface area contributed by atoms with Crippen LogP contribution in [0, 0.1) is 0 Å². The van der Waals surface area contributed by atoms with Crippen LogP contribution in [0.2, 0.25) is 0 Å². The van der Waals surface area contributed by atoms with Gasteiger partial charge in [0.25, 0.3) is 5.56 Å². The minimum Gasteiger partial charge on any atom is -0.329 e. The first-order chi connectivity index (χ1) is 15.5. The van der Waals surface area contributed by atoms with Crippen molar-refractivity contribution in [2.24, 2.45) is 0 Å². The molecule has 13 heteroatoms. The maximum absolute atomic E-state index is 14.0. The number of rotatable bonds is 2. The number of hydrogen-bond donors (Lipinski definition) is 2. The Morgan fingerprint density at radius 2 is 1.73 bits per heavy atom. The summed E-state index contributed by atoms with van der Waals surface area (Å²) in [5, 5.41) is 2.26. The van der Waals surface area contributed by atoms with E-state index < -0.39 is 46.7 Å². The molecule has 0 fully saturated rings. The van der Waals surface area contributed by atoms with Crippen LogP contribution in [0.15, 0.2) is 59.9 Å². The number of halogens is 6. The van der Waals surface area contributed by atoms with Gasteiger partial charge < -0.3 is 10.3 Å². The molecule has 2 N–H and O–H groups in total. The summed E-state index contributed by atoms with van der Waals surface area (Å²) in [6, 6.07) is 5.56. The van der Waals surface area contributed by atoms with E-state index in [0.717, 1.165) is 12.3 Å². The molecule has 3 aromatic heterocycles. The van der Waals surface area contributed by atoms with Gasteiger partial charge in [-0.05, 0) is 29.7 Å². The Bertz CT molecular complexity index is 1420. The number of H-pyrrole nitrogens is 1. The van der Waals surface area contributed by atoms with Crippen LogP contribution < -0.4 is 10.9 Å². The fourth-order valence-corrected chi connectivity index (χ4v) is 3.25. The number of carbonyl (C=O) groups excluding carboxylic acids is 1. The molecule has 0 aliphatic carbocycles. The molecular weight excluding hydrogens is 456 g/mol. The zero-order valence-electron chi connectivity index (χ0n) is 16.1. The number of nitrogens with zero attached hydrogens (tertiary/aromatic N) is 3. The second kappa shape index (κ2) is 7.76. The van der Waals surface area contributed by atoms with Gasteiger partial charge in [-0.25, -0.2) is 14.3 Å². The molecule has 0 radical (unpaired) electrons. The third-order valence-electron chi connectivity index (χ3n) is 4.63. The number of carbonyl (C=O) groups is 1. The van der Waals surface area contributed by atoms with Crippen LogP contribution in [-0.2, 0) is 12.4 Å². The molecule has 1 aromatic carbocycles. The van der Waals surface area contributed by atoms with Crippen molar-refractivity contribution in [3.05, 3.63) is 76.9 Å². The third kappa shape index (κ3) is 4.16. The fourth-order valence-electron chi connectivity index (χ4n) is 3.25. The molecule has 0 atom stereocenters. The van der Waals surface area contributed by atoms with E-state index in [-0.39, 0.29) is 20.9 Å². The molecule has 0 unspecified atom stereocenters. The van der Waals surface area contributed by atoms with Crippen LogP contribution in [0.1, 0.15) is 11.4 Å². The molecule has 0 aliphatic heterocycles. The van der Waals surface area contributed by atoms with Gasteiger partial charge in [0.2, 0.25) is 0 Å². The van der Waals surface area contributed by atoms with E-state index in [0.29, 0.717) is 12.4 Å². The lowest BCUT2D eigenvalue weighted by Gasteiger charge is -2.14. The van der Waals surface area contributed by atoms with Crippen molar-refractivity contribution < 1.29 is 31.1 Å². The van der Waals surface area contributed by atoms with Crippen molar-refractivity contribution >= 4 is 22.5 Å². The molecule has 3 heterocycles. The summed E-state index contributed by atoms with van der Waals surface area (Å²) < 4.78 is 80.5. The van der Waals surface area contributed by atoms with Gasteiger partial charge in [0.1, 0.15) is 17.7 Å². The SMILES string of the molecule is O=C(Nc1ccnc(C(F)(F)F)c1)n1cnc(-c2cccc3c(=O)[nH]ccc23)c1C(F)(F)F. The predicted octanol–water partition coefficient (Wildman–Crippen LogP) is 4.90. The number of benzene rings is 1. The Labute approximate surface area is 179 Å². The van der Waals surface area contributed by atoms with Gasteiger partial charge in [0.15, 0.2) is 5.69 Å². The van der Waals surface area contributed by atoms with E-state index in [2.05, 4.69) is 15.0 Å². The Kier molecular flexibility index (Phi) is 5.18. The van der Waals surface area contributed by atoms with E-state index >= 15 is 0 Å². The van der Waals surface area contributed by atoms with E-state index in [1.807, 2.05) is 5.32 Å². The van der Waals surface area contributed by atoms with Gasteiger partial charge in [-0.3, -0.25) is 9.78 Å². The molecule has 4 rings (SSSR count). The summed E-state index contributed by atoms with van der Waals surface area (Å²) in [6.07, 6.45) is -7.26. The second-order valence-corrected chi connectivity index (χ2v) is 6.74. The molecule has 1 amide bonds. The van der Waals surface area contributed by atoms with Gasteiger partial charge in [0.05, 0.1) is 0 Å².